The Hall–Kier alpha value is -0.700. The summed E-state index contributed by atoms with van der Waals surface area (Å²) < 4.78 is 0. The molecule has 3 rings (SSSR count). The summed E-state index contributed by atoms with van der Waals surface area (Å²) in [6, 6.07) is 0.147. The second kappa shape index (κ2) is 4.16. The summed E-state index contributed by atoms with van der Waals surface area (Å²) in [7, 11) is 0. The largest absolute Gasteiger partial charge is 0.312 e. The van der Waals surface area contributed by atoms with Crippen LogP contribution in [0.4, 0.5) is 0 Å². The maximum Gasteiger partial charge on any atom is 0.145 e. The molecular weight excluding hydrogens is 226 g/mol. The van der Waals surface area contributed by atoms with Gasteiger partial charge in [-0.15, -0.1) is 0 Å². The van der Waals surface area contributed by atoms with Gasteiger partial charge >= 0.3 is 0 Å². The first-order chi connectivity index (χ1) is 8.48. The minimum atomic E-state index is -0.342. The van der Waals surface area contributed by atoms with Crippen molar-refractivity contribution in [2.75, 3.05) is 6.54 Å². The Morgan fingerprint density at radius 2 is 1.78 bits per heavy atom. The van der Waals surface area contributed by atoms with Gasteiger partial charge in [0, 0.05) is 18.9 Å². The first-order valence-corrected chi connectivity index (χ1v) is 7.27. The van der Waals surface area contributed by atoms with Crippen molar-refractivity contribution >= 4 is 11.6 Å². The van der Waals surface area contributed by atoms with Gasteiger partial charge in [0.25, 0.3) is 0 Å². The molecule has 3 heteroatoms. The molecule has 0 amide bonds. The fourth-order valence-corrected chi connectivity index (χ4v) is 4.40. The van der Waals surface area contributed by atoms with Crippen LogP contribution in [-0.4, -0.2) is 24.2 Å². The van der Waals surface area contributed by atoms with Crippen molar-refractivity contribution in [1.82, 2.24) is 5.32 Å². The molecule has 0 radical (unpaired) electrons. The van der Waals surface area contributed by atoms with Crippen LogP contribution >= 0.6 is 0 Å². The van der Waals surface area contributed by atoms with Crippen molar-refractivity contribution < 1.29 is 9.59 Å². The van der Waals surface area contributed by atoms with Gasteiger partial charge in [-0.25, -0.2) is 0 Å². The molecule has 3 nitrogen and oxygen atoms in total. The van der Waals surface area contributed by atoms with Crippen LogP contribution in [0.1, 0.15) is 46.0 Å². The fraction of sp³-hybridized carbons (Fsp3) is 0.867. The highest BCUT2D eigenvalue weighted by Crippen LogP contribution is 2.43. The van der Waals surface area contributed by atoms with E-state index in [-0.39, 0.29) is 28.9 Å². The lowest BCUT2D eigenvalue weighted by atomic mass is 9.67. The number of carbonyl (C=O) groups is 2. The van der Waals surface area contributed by atoms with E-state index in [0.29, 0.717) is 24.7 Å². The highest BCUT2D eigenvalue weighted by molar-refractivity contribution is 6.06. The van der Waals surface area contributed by atoms with Gasteiger partial charge in [-0.05, 0) is 36.6 Å². The first-order valence-electron chi connectivity index (χ1n) is 7.27. The number of rotatable bonds is 1. The third kappa shape index (κ3) is 1.93. The number of fused-ring (bicyclic) bond motifs is 1. The Morgan fingerprint density at radius 3 is 2.44 bits per heavy atom. The molecule has 3 fully saturated rings. The highest BCUT2D eigenvalue weighted by Gasteiger charge is 2.50. The Morgan fingerprint density at radius 1 is 1.11 bits per heavy atom. The second-order valence-corrected chi connectivity index (χ2v) is 7.22. The first kappa shape index (κ1) is 12.3. The molecule has 18 heavy (non-hydrogen) atoms. The van der Waals surface area contributed by atoms with E-state index in [0.717, 1.165) is 6.54 Å². The van der Waals surface area contributed by atoms with Gasteiger partial charge in [0.15, 0.2) is 0 Å². The molecule has 3 unspecified atom stereocenters. The standard InChI is InChI=1S/C15H23NO2/c1-15(2)6-11(17)13(12(18)7-15)14-10-5-3-4-9(10)8-16-14/h9-10,13-14,16H,3-8H2,1-2H3. The number of ketones is 2. The number of hydrogen-bond acceptors (Lipinski definition) is 3. The predicted molar refractivity (Wildman–Crippen MR) is 69.1 cm³/mol. The van der Waals surface area contributed by atoms with Crippen molar-refractivity contribution in [3.63, 3.8) is 0 Å². The Labute approximate surface area is 109 Å². The van der Waals surface area contributed by atoms with Crippen LogP contribution < -0.4 is 5.32 Å². The lowest BCUT2D eigenvalue weighted by Gasteiger charge is -2.36. The summed E-state index contributed by atoms with van der Waals surface area (Å²) in [5.41, 5.74) is -0.127. The van der Waals surface area contributed by atoms with Crippen molar-refractivity contribution in [2.45, 2.75) is 52.0 Å². The topological polar surface area (TPSA) is 46.2 Å². The minimum absolute atomic E-state index is 0.127. The van der Waals surface area contributed by atoms with Crippen LogP contribution in [0, 0.1) is 23.2 Å². The normalized spacial score (nSPS) is 40.2. The van der Waals surface area contributed by atoms with Crippen LogP contribution in [0.5, 0.6) is 0 Å². The van der Waals surface area contributed by atoms with Crippen molar-refractivity contribution in [2.24, 2.45) is 23.2 Å². The Bertz CT molecular complexity index is 368. The minimum Gasteiger partial charge on any atom is -0.312 e. The van der Waals surface area contributed by atoms with Gasteiger partial charge in [0.1, 0.15) is 11.6 Å². The maximum atomic E-state index is 12.3. The summed E-state index contributed by atoms with van der Waals surface area (Å²) >= 11 is 0. The molecule has 1 saturated heterocycles. The molecule has 0 aromatic rings. The van der Waals surface area contributed by atoms with Gasteiger partial charge in [0.05, 0.1) is 5.92 Å². The van der Waals surface area contributed by atoms with Gasteiger partial charge in [-0.2, -0.15) is 0 Å². The molecule has 100 valence electrons. The quantitative estimate of drug-likeness (QED) is 0.722. The molecule has 1 N–H and O–H groups in total. The molecule has 0 bridgehead atoms. The van der Waals surface area contributed by atoms with Gasteiger partial charge in [0.2, 0.25) is 0 Å². The summed E-state index contributed by atoms with van der Waals surface area (Å²) in [5, 5.41) is 3.47. The smallest absolute Gasteiger partial charge is 0.145 e. The summed E-state index contributed by atoms with van der Waals surface area (Å²) in [5.74, 6) is 1.31. The van der Waals surface area contributed by atoms with E-state index in [1.54, 1.807) is 0 Å². The van der Waals surface area contributed by atoms with E-state index in [4.69, 9.17) is 0 Å². The highest BCUT2D eigenvalue weighted by atomic mass is 16.2. The van der Waals surface area contributed by atoms with Gasteiger partial charge in [-0.1, -0.05) is 20.3 Å². The molecule has 3 atom stereocenters. The predicted octanol–water partition coefficient (Wildman–Crippen LogP) is 1.95. The van der Waals surface area contributed by atoms with Gasteiger partial charge < -0.3 is 5.32 Å². The molecule has 1 aliphatic heterocycles. The van der Waals surface area contributed by atoms with Crippen molar-refractivity contribution in [1.29, 1.82) is 0 Å². The zero-order chi connectivity index (χ0) is 12.9. The summed E-state index contributed by atoms with van der Waals surface area (Å²) in [4.78, 5) is 24.7. The van der Waals surface area contributed by atoms with Crippen LogP contribution in [0.2, 0.25) is 0 Å². The average molecular weight is 249 g/mol. The molecule has 2 saturated carbocycles. The zero-order valence-electron chi connectivity index (χ0n) is 11.4. The molecule has 1 heterocycles. The summed E-state index contributed by atoms with van der Waals surface area (Å²) in [6.45, 7) is 5.06. The Balaban J connectivity index is 1.80. The molecule has 3 aliphatic rings. The zero-order valence-corrected chi connectivity index (χ0v) is 11.4. The number of carbonyl (C=O) groups excluding carboxylic acids is 2. The van der Waals surface area contributed by atoms with E-state index in [1.165, 1.54) is 19.3 Å². The average Bonchev–Trinajstić information content (AvgIpc) is 2.78. The third-order valence-corrected chi connectivity index (χ3v) is 5.15. The molecule has 0 spiro atoms. The van der Waals surface area contributed by atoms with Crippen LogP contribution in [0.15, 0.2) is 0 Å². The van der Waals surface area contributed by atoms with Crippen LogP contribution in [0.3, 0.4) is 0 Å². The molecule has 0 aromatic heterocycles. The monoisotopic (exact) mass is 249 g/mol. The van der Waals surface area contributed by atoms with E-state index < -0.39 is 0 Å². The lowest BCUT2D eigenvalue weighted by molar-refractivity contribution is -0.141. The summed E-state index contributed by atoms with van der Waals surface area (Å²) in [6.07, 6.45) is 4.88. The number of nitrogens with one attached hydrogen (secondary N) is 1. The lowest BCUT2D eigenvalue weighted by Crippen LogP contribution is -2.49. The van der Waals surface area contributed by atoms with E-state index in [9.17, 15) is 9.59 Å². The third-order valence-electron chi connectivity index (χ3n) is 5.15. The van der Waals surface area contributed by atoms with E-state index in [1.807, 2.05) is 13.8 Å². The molecule has 2 aliphatic carbocycles. The maximum absolute atomic E-state index is 12.3. The van der Waals surface area contributed by atoms with E-state index in [2.05, 4.69) is 5.32 Å². The Kier molecular flexibility index (Phi) is 2.85. The van der Waals surface area contributed by atoms with Gasteiger partial charge in [-0.3, -0.25) is 9.59 Å². The molecular formula is C15H23NO2. The number of hydrogen-bond donors (Lipinski definition) is 1. The van der Waals surface area contributed by atoms with Crippen molar-refractivity contribution in [3.05, 3.63) is 0 Å². The van der Waals surface area contributed by atoms with E-state index >= 15 is 0 Å². The van der Waals surface area contributed by atoms with Crippen molar-refractivity contribution in [3.8, 4) is 0 Å². The van der Waals surface area contributed by atoms with Crippen LogP contribution in [-0.2, 0) is 9.59 Å². The second-order valence-electron chi connectivity index (χ2n) is 7.22. The fourth-order valence-electron chi connectivity index (χ4n) is 4.40. The molecule has 0 aromatic carbocycles. The van der Waals surface area contributed by atoms with Crippen LogP contribution in [0.25, 0.3) is 0 Å². The SMILES string of the molecule is CC1(C)CC(=O)C(C2NCC3CCCC32)C(=O)C1. The number of Topliss-reactive ketones (excluding diaryl/α,β-unsaturated/α-hetero) is 2.